The van der Waals surface area contributed by atoms with Crippen LogP contribution in [0, 0.1) is 16.7 Å². The zero-order valence-electron chi connectivity index (χ0n) is 12.6. The predicted molar refractivity (Wildman–Crippen MR) is 74.3 cm³/mol. The predicted octanol–water partition coefficient (Wildman–Crippen LogP) is 1.76. The number of nitrogens with zero attached hydrogens (tertiary/aromatic N) is 1. The highest BCUT2D eigenvalue weighted by Gasteiger charge is 2.55. The van der Waals surface area contributed by atoms with Crippen molar-refractivity contribution < 1.29 is 19.4 Å². The van der Waals surface area contributed by atoms with Gasteiger partial charge >= 0.3 is 5.97 Å². The molecule has 1 saturated heterocycles. The molecule has 0 aromatic carbocycles. The van der Waals surface area contributed by atoms with Gasteiger partial charge in [0, 0.05) is 26.1 Å². The molecule has 114 valence electrons. The minimum Gasteiger partial charge on any atom is -0.481 e. The quantitative estimate of drug-likeness (QED) is 0.835. The number of rotatable bonds is 5. The van der Waals surface area contributed by atoms with Crippen molar-refractivity contribution in [1.29, 1.82) is 0 Å². The summed E-state index contributed by atoms with van der Waals surface area (Å²) in [7, 11) is 1.51. The molecule has 1 aliphatic heterocycles. The normalized spacial score (nSPS) is 36.8. The van der Waals surface area contributed by atoms with E-state index in [1.54, 1.807) is 4.90 Å². The SMILES string of the molecule is CCC1(C)CC1C(=O)N1CCCC(COC)(C(=O)O)C1. The lowest BCUT2D eigenvalue weighted by atomic mass is 9.80. The van der Waals surface area contributed by atoms with E-state index in [4.69, 9.17) is 4.74 Å². The summed E-state index contributed by atoms with van der Waals surface area (Å²) in [6.45, 7) is 5.37. The standard InChI is InChI=1S/C15H25NO4/c1-4-14(2)8-11(14)12(17)16-7-5-6-15(9-16,10-20-3)13(18)19/h11H,4-10H2,1-3H3,(H,18,19). The summed E-state index contributed by atoms with van der Waals surface area (Å²) in [4.78, 5) is 25.9. The summed E-state index contributed by atoms with van der Waals surface area (Å²) in [5, 5.41) is 9.50. The number of aliphatic carboxylic acids is 1. The Morgan fingerprint density at radius 3 is 2.65 bits per heavy atom. The van der Waals surface area contributed by atoms with Crippen molar-refractivity contribution in [2.24, 2.45) is 16.7 Å². The third-order valence-electron chi connectivity index (χ3n) is 5.22. The minimum absolute atomic E-state index is 0.0830. The minimum atomic E-state index is -0.930. The summed E-state index contributed by atoms with van der Waals surface area (Å²) in [6, 6.07) is 0. The van der Waals surface area contributed by atoms with Gasteiger partial charge in [0.25, 0.3) is 0 Å². The fourth-order valence-corrected chi connectivity index (χ4v) is 3.35. The zero-order chi connectivity index (χ0) is 15.0. The molecule has 1 amide bonds. The number of piperidine rings is 1. The lowest BCUT2D eigenvalue weighted by Gasteiger charge is -2.39. The van der Waals surface area contributed by atoms with E-state index in [0.717, 1.165) is 19.3 Å². The van der Waals surface area contributed by atoms with Gasteiger partial charge in [-0.2, -0.15) is 0 Å². The van der Waals surface area contributed by atoms with Crippen LogP contribution in [-0.4, -0.2) is 48.7 Å². The Kier molecular flexibility index (Phi) is 4.09. The van der Waals surface area contributed by atoms with Crippen LogP contribution in [0.4, 0.5) is 0 Å². The van der Waals surface area contributed by atoms with Crippen molar-refractivity contribution in [2.45, 2.75) is 39.5 Å². The number of carboxylic acid groups (broad SMARTS) is 1. The molecule has 20 heavy (non-hydrogen) atoms. The van der Waals surface area contributed by atoms with Gasteiger partial charge in [0.2, 0.25) is 5.91 Å². The number of hydrogen-bond acceptors (Lipinski definition) is 3. The summed E-state index contributed by atoms with van der Waals surface area (Å²) in [5.74, 6) is -0.638. The van der Waals surface area contributed by atoms with Gasteiger partial charge in [-0.3, -0.25) is 9.59 Å². The van der Waals surface area contributed by atoms with Gasteiger partial charge < -0.3 is 14.7 Å². The average Bonchev–Trinajstić information content (AvgIpc) is 3.11. The van der Waals surface area contributed by atoms with E-state index in [9.17, 15) is 14.7 Å². The van der Waals surface area contributed by atoms with Gasteiger partial charge in [-0.1, -0.05) is 13.8 Å². The van der Waals surface area contributed by atoms with Gasteiger partial charge in [0.15, 0.2) is 0 Å². The van der Waals surface area contributed by atoms with E-state index in [2.05, 4.69) is 13.8 Å². The molecule has 1 heterocycles. The fourth-order valence-electron chi connectivity index (χ4n) is 3.35. The van der Waals surface area contributed by atoms with Crippen molar-refractivity contribution in [3.05, 3.63) is 0 Å². The van der Waals surface area contributed by atoms with Gasteiger partial charge in [-0.25, -0.2) is 0 Å². The van der Waals surface area contributed by atoms with Gasteiger partial charge in [0.1, 0.15) is 5.41 Å². The Labute approximate surface area is 120 Å². The van der Waals surface area contributed by atoms with E-state index < -0.39 is 11.4 Å². The number of amides is 1. The zero-order valence-corrected chi connectivity index (χ0v) is 12.6. The highest BCUT2D eigenvalue weighted by Crippen LogP contribution is 2.55. The smallest absolute Gasteiger partial charge is 0.313 e. The van der Waals surface area contributed by atoms with Crippen molar-refractivity contribution in [2.75, 3.05) is 26.8 Å². The Balaban J connectivity index is 2.07. The van der Waals surface area contributed by atoms with Crippen molar-refractivity contribution in [3.63, 3.8) is 0 Å². The second kappa shape index (κ2) is 5.35. The van der Waals surface area contributed by atoms with Crippen LogP contribution in [-0.2, 0) is 14.3 Å². The van der Waals surface area contributed by atoms with Crippen LogP contribution in [0.1, 0.15) is 39.5 Å². The maximum Gasteiger partial charge on any atom is 0.313 e. The summed E-state index contributed by atoms with van der Waals surface area (Å²) >= 11 is 0. The number of carboxylic acids is 1. The van der Waals surface area contributed by atoms with E-state index in [1.165, 1.54) is 7.11 Å². The van der Waals surface area contributed by atoms with Gasteiger partial charge in [0.05, 0.1) is 6.61 Å². The first-order chi connectivity index (χ1) is 9.38. The largest absolute Gasteiger partial charge is 0.481 e. The van der Waals surface area contributed by atoms with E-state index in [1.807, 2.05) is 0 Å². The maximum absolute atomic E-state index is 12.5. The first-order valence-electron chi connectivity index (χ1n) is 7.40. The van der Waals surface area contributed by atoms with Crippen LogP contribution in [0.3, 0.4) is 0 Å². The van der Waals surface area contributed by atoms with Gasteiger partial charge in [-0.15, -0.1) is 0 Å². The van der Waals surface area contributed by atoms with Crippen molar-refractivity contribution >= 4 is 11.9 Å². The lowest BCUT2D eigenvalue weighted by Crippen LogP contribution is -2.52. The van der Waals surface area contributed by atoms with Crippen molar-refractivity contribution in [3.8, 4) is 0 Å². The second-order valence-corrected chi connectivity index (χ2v) is 6.65. The van der Waals surface area contributed by atoms with E-state index >= 15 is 0 Å². The Hall–Kier alpha value is -1.10. The van der Waals surface area contributed by atoms with E-state index in [-0.39, 0.29) is 30.4 Å². The van der Waals surface area contributed by atoms with Crippen LogP contribution in [0.2, 0.25) is 0 Å². The molecule has 2 rings (SSSR count). The molecule has 0 spiro atoms. The first-order valence-corrected chi connectivity index (χ1v) is 7.40. The van der Waals surface area contributed by atoms with Crippen LogP contribution < -0.4 is 0 Å². The lowest BCUT2D eigenvalue weighted by molar-refractivity contribution is -0.159. The number of hydrogen-bond donors (Lipinski definition) is 1. The molecule has 0 aromatic heterocycles. The average molecular weight is 283 g/mol. The first kappa shape index (κ1) is 15.3. The van der Waals surface area contributed by atoms with Gasteiger partial charge in [-0.05, 0) is 31.1 Å². The topological polar surface area (TPSA) is 66.8 Å². The molecule has 1 aliphatic carbocycles. The molecule has 3 unspecified atom stereocenters. The molecule has 2 aliphatic rings. The highest BCUT2D eigenvalue weighted by molar-refractivity contribution is 5.84. The number of ether oxygens (including phenoxy) is 1. The van der Waals surface area contributed by atoms with E-state index in [0.29, 0.717) is 13.0 Å². The molecule has 0 aromatic rings. The Morgan fingerprint density at radius 1 is 1.45 bits per heavy atom. The monoisotopic (exact) mass is 283 g/mol. The summed E-state index contributed by atoms with van der Waals surface area (Å²) < 4.78 is 5.09. The summed E-state index contributed by atoms with van der Waals surface area (Å²) in [6.07, 6.45) is 3.25. The third kappa shape index (κ3) is 2.55. The molecule has 2 fully saturated rings. The molecular weight excluding hydrogens is 258 g/mol. The Bertz CT molecular complexity index is 407. The molecule has 0 bridgehead atoms. The van der Waals surface area contributed by atoms with Crippen LogP contribution in [0.25, 0.3) is 0 Å². The molecular formula is C15H25NO4. The third-order valence-corrected chi connectivity index (χ3v) is 5.22. The molecule has 5 nitrogen and oxygen atoms in total. The molecule has 1 saturated carbocycles. The second-order valence-electron chi connectivity index (χ2n) is 6.65. The number of likely N-dealkylation sites (tertiary alicyclic amines) is 1. The maximum atomic E-state index is 12.5. The molecule has 1 N–H and O–H groups in total. The highest BCUT2D eigenvalue weighted by atomic mass is 16.5. The Morgan fingerprint density at radius 2 is 2.15 bits per heavy atom. The van der Waals surface area contributed by atoms with Crippen LogP contribution in [0.5, 0.6) is 0 Å². The number of methoxy groups -OCH3 is 1. The summed E-state index contributed by atoms with van der Waals surface area (Å²) in [5.41, 5.74) is -0.804. The van der Waals surface area contributed by atoms with Crippen molar-refractivity contribution in [1.82, 2.24) is 4.90 Å². The van der Waals surface area contributed by atoms with Crippen LogP contribution >= 0.6 is 0 Å². The molecule has 0 radical (unpaired) electrons. The number of carbonyl (C=O) groups is 2. The molecule has 5 heteroatoms. The number of carbonyl (C=O) groups excluding carboxylic acids is 1. The molecule has 3 atom stereocenters. The van der Waals surface area contributed by atoms with Crippen LogP contribution in [0.15, 0.2) is 0 Å². The fraction of sp³-hybridized carbons (Fsp3) is 0.867.